The number of benzene rings is 1. The largest absolute Gasteiger partial charge is 0.495 e. The van der Waals surface area contributed by atoms with Gasteiger partial charge in [-0.05, 0) is 28.1 Å². The molecule has 1 nitrogen and oxygen atoms in total. The Labute approximate surface area is 87.2 Å². The molecular formula is C8H7Br2FO. The Kier molecular flexibility index (Phi) is 3.53. The number of ether oxygens (including phenoxy) is 1. The van der Waals surface area contributed by atoms with E-state index in [1.54, 1.807) is 7.11 Å². The number of methoxy groups -OCH3 is 1. The van der Waals surface area contributed by atoms with Crippen LogP contribution in [0.4, 0.5) is 4.39 Å². The van der Waals surface area contributed by atoms with Gasteiger partial charge in [-0.1, -0.05) is 15.9 Å². The van der Waals surface area contributed by atoms with Crippen LogP contribution in [0.15, 0.2) is 16.6 Å². The van der Waals surface area contributed by atoms with Gasteiger partial charge in [0.05, 0.1) is 11.6 Å². The van der Waals surface area contributed by atoms with Crippen molar-refractivity contribution in [1.82, 2.24) is 0 Å². The smallest absolute Gasteiger partial charge is 0.137 e. The predicted molar refractivity (Wildman–Crippen MR) is 53.3 cm³/mol. The van der Waals surface area contributed by atoms with Crippen molar-refractivity contribution in [2.45, 2.75) is 5.33 Å². The third kappa shape index (κ3) is 1.98. The van der Waals surface area contributed by atoms with Crippen LogP contribution in [-0.4, -0.2) is 7.11 Å². The molecule has 0 saturated carbocycles. The lowest BCUT2D eigenvalue weighted by molar-refractivity contribution is 0.407. The van der Waals surface area contributed by atoms with Gasteiger partial charge in [0.25, 0.3) is 0 Å². The highest BCUT2D eigenvalue weighted by Gasteiger charge is 2.08. The minimum atomic E-state index is -0.267. The van der Waals surface area contributed by atoms with Crippen molar-refractivity contribution in [2.24, 2.45) is 0 Å². The maximum Gasteiger partial charge on any atom is 0.137 e. The molecule has 0 saturated heterocycles. The van der Waals surface area contributed by atoms with Crippen LogP contribution in [0.5, 0.6) is 5.75 Å². The zero-order valence-electron chi connectivity index (χ0n) is 6.40. The fraction of sp³-hybridized carbons (Fsp3) is 0.250. The van der Waals surface area contributed by atoms with Crippen molar-refractivity contribution < 1.29 is 9.13 Å². The zero-order chi connectivity index (χ0) is 9.14. The van der Waals surface area contributed by atoms with E-state index in [1.807, 2.05) is 0 Å². The van der Waals surface area contributed by atoms with Crippen LogP contribution in [-0.2, 0) is 5.33 Å². The molecule has 0 N–H and O–H groups in total. The normalized spacial score (nSPS) is 10.0. The average molecular weight is 298 g/mol. The molecule has 0 fully saturated rings. The SMILES string of the molecule is COc1c(Br)cc(F)cc1CBr. The van der Waals surface area contributed by atoms with Gasteiger partial charge in [0.2, 0.25) is 0 Å². The number of hydrogen-bond acceptors (Lipinski definition) is 1. The molecule has 0 amide bonds. The van der Waals surface area contributed by atoms with Gasteiger partial charge in [0.1, 0.15) is 11.6 Å². The predicted octanol–water partition coefficient (Wildman–Crippen LogP) is 3.49. The molecule has 0 bridgehead atoms. The summed E-state index contributed by atoms with van der Waals surface area (Å²) in [6.45, 7) is 0. The van der Waals surface area contributed by atoms with Gasteiger partial charge >= 0.3 is 0 Å². The van der Waals surface area contributed by atoms with Crippen LogP contribution in [0.2, 0.25) is 0 Å². The molecule has 0 aliphatic rings. The third-order valence-electron chi connectivity index (χ3n) is 1.43. The summed E-state index contributed by atoms with van der Waals surface area (Å²) < 4.78 is 18.5. The fourth-order valence-corrected chi connectivity index (χ4v) is 1.99. The van der Waals surface area contributed by atoms with E-state index in [2.05, 4.69) is 31.9 Å². The Bertz CT molecular complexity index is 289. The lowest BCUT2D eigenvalue weighted by atomic mass is 10.2. The summed E-state index contributed by atoms with van der Waals surface area (Å²) in [6.07, 6.45) is 0. The Morgan fingerprint density at radius 2 is 2.17 bits per heavy atom. The van der Waals surface area contributed by atoms with Crippen LogP contribution in [0.25, 0.3) is 0 Å². The van der Waals surface area contributed by atoms with E-state index in [9.17, 15) is 4.39 Å². The van der Waals surface area contributed by atoms with E-state index in [4.69, 9.17) is 4.74 Å². The molecule has 0 aromatic heterocycles. The van der Waals surface area contributed by atoms with E-state index in [1.165, 1.54) is 12.1 Å². The lowest BCUT2D eigenvalue weighted by Gasteiger charge is -2.07. The van der Waals surface area contributed by atoms with Crippen molar-refractivity contribution in [3.8, 4) is 5.75 Å². The molecule has 0 spiro atoms. The van der Waals surface area contributed by atoms with Gasteiger partial charge in [-0.15, -0.1) is 0 Å². The van der Waals surface area contributed by atoms with Crippen LogP contribution >= 0.6 is 31.9 Å². The van der Waals surface area contributed by atoms with Gasteiger partial charge in [-0.3, -0.25) is 0 Å². The monoisotopic (exact) mass is 296 g/mol. The summed E-state index contributed by atoms with van der Waals surface area (Å²) in [5.74, 6) is 0.408. The van der Waals surface area contributed by atoms with E-state index in [-0.39, 0.29) is 5.82 Å². The van der Waals surface area contributed by atoms with Gasteiger partial charge in [-0.25, -0.2) is 4.39 Å². The third-order valence-corrected chi connectivity index (χ3v) is 2.63. The molecule has 0 aliphatic carbocycles. The van der Waals surface area contributed by atoms with E-state index < -0.39 is 0 Å². The summed E-state index contributed by atoms with van der Waals surface area (Å²) in [5.41, 5.74) is 0.796. The first-order valence-corrected chi connectivity index (χ1v) is 5.18. The molecule has 1 aromatic rings. The van der Waals surface area contributed by atoms with Gasteiger partial charge in [0.15, 0.2) is 0 Å². The molecule has 1 aromatic carbocycles. The summed E-state index contributed by atoms with van der Waals surface area (Å²) in [4.78, 5) is 0. The van der Waals surface area contributed by atoms with Crippen LogP contribution in [0.1, 0.15) is 5.56 Å². The summed E-state index contributed by atoms with van der Waals surface area (Å²) in [6, 6.07) is 2.82. The van der Waals surface area contributed by atoms with E-state index in [0.717, 1.165) is 5.56 Å². The van der Waals surface area contributed by atoms with Crippen LogP contribution in [0.3, 0.4) is 0 Å². The minimum absolute atomic E-state index is 0.267. The highest BCUT2D eigenvalue weighted by Crippen LogP contribution is 2.31. The molecule has 66 valence electrons. The average Bonchev–Trinajstić information content (AvgIpc) is 2.03. The quantitative estimate of drug-likeness (QED) is 0.759. The number of halogens is 3. The minimum Gasteiger partial charge on any atom is -0.495 e. The summed E-state index contributed by atoms with van der Waals surface area (Å²) in [5, 5.41) is 0.576. The van der Waals surface area contributed by atoms with E-state index >= 15 is 0 Å². The summed E-state index contributed by atoms with van der Waals surface area (Å²) >= 11 is 6.46. The second-order valence-electron chi connectivity index (χ2n) is 2.21. The Balaban J connectivity index is 3.24. The highest BCUT2D eigenvalue weighted by atomic mass is 79.9. The second-order valence-corrected chi connectivity index (χ2v) is 3.63. The van der Waals surface area contributed by atoms with Gasteiger partial charge < -0.3 is 4.74 Å². The van der Waals surface area contributed by atoms with Crippen molar-refractivity contribution >= 4 is 31.9 Å². The maximum absolute atomic E-state index is 12.8. The molecule has 0 aliphatic heterocycles. The van der Waals surface area contributed by atoms with Crippen molar-refractivity contribution in [1.29, 1.82) is 0 Å². The molecule has 0 radical (unpaired) electrons. The Morgan fingerprint density at radius 3 is 2.67 bits per heavy atom. The molecule has 1 rings (SSSR count). The zero-order valence-corrected chi connectivity index (χ0v) is 9.58. The molecule has 4 heteroatoms. The van der Waals surface area contributed by atoms with Crippen LogP contribution < -0.4 is 4.74 Å². The molecule has 0 atom stereocenters. The topological polar surface area (TPSA) is 9.23 Å². The Morgan fingerprint density at radius 1 is 1.50 bits per heavy atom. The van der Waals surface area contributed by atoms with Crippen molar-refractivity contribution in [3.05, 3.63) is 28.0 Å². The number of rotatable bonds is 2. The second kappa shape index (κ2) is 4.23. The first kappa shape index (κ1) is 9.99. The Hall–Kier alpha value is -0.0900. The fourth-order valence-electron chi connectivity index (χ4n) is 0.942. The highest BCUT2D eigenvalue weighted by molar-refractivity contribution is 9.10. The lowest BCUT2D eigenvalue weighted by Crippen LogP contribution is -1.92. The number of alkyl halides is 1. The molecular weight excluding hydrogens is 291 g/mol. The number of hydrogen-bond donors (Lipinski definition) is 0. The first-order valence-electron chi connectivity index (χ1n) is 3.27. The van der Waals surface area contributed by atoms with Crippen LogP contribution in [0, 0.1) is 5.82 Å². The maximum atomic E-state index is 12.8. The van der Waals surface area contributed by atoms with Crippen molar-refractivity contribution in [3.63, 3.8) is 0 Å². The van der Waals surface area contributed by atoms with Gasteiger partial charge in [0, 0.05) is 10.9 Å². The van der Waals surface area contributed by atoms with Crippen molar-refractivity contribution in [2.75, 3.05) is 7.11 Å². The first-order chi connectivity index (χ1) is 5.69. The van der Waals surface area contributed by atoms with Gasteiger partial charge in [-0.2, -0.15) is 0 Å². The molecule has 12 heavy (non-hydrogen) atoms. The summed E-state index contributed by atoms with van der Waals surface area (Å²) in [7, 11) is 1.56. The van der Waals surface area contributed by atoms with E-state index in [0.29, 0.717) is 15.6 Å². The standard InChI is InChI=1S/C8H7Br2FO/c1-12-8-5(4-9)2-6(11)3-7(8)10/h2-3H,4H2,1H3. The molecule has 0 unspecified atom stereocenters. The molecule has 0 heterocycles.